The number of benzene rings is 2. The first kappa shape index (κ1) is 16.8. The number of amides is 1. The van der Waals surface area contributed by atoms with Gasteiger partial charge in [0.25, 0.3) is 0 Å². The smallest absolute Gasteiger partial charge is 0.234 e. The van der Waals surface area contributed by atoms with Crippen LogP contribution in [0.4, 0.5) is 0 Å². The Hall–Kier alpha value is -1.55. The van der Waals surface area contributed by atoms with Crippen molar-refractivity contribution in [1.82, 2.24) is 10.6 Å². The molecule has 0 saturated carbocycles. The van der Waals surface area contributed by atoms with Gasteiger partial charge in [0.1, 0.15) is 0 Å². The van der Waals surface area contributed by atoms with E-state index in [1.807, 2.05) is 55.5 Å². The van der Waals surface area contributed by atoms with Crippen LogP contribution in [0.5, 0.6) is 0 Å². The quantitative estimate of drug-likeness (QED) is 0.838. The van der Waals surface area contributed by atoms with Crippen LogP contribution in [0, 0.1) is 0 Å². The molecule has 0 saturated heterocycles. The van der Waals surface area contributed by atoms with E-state index >= 15 is 0 Å². The first-order valence-electron chi connectivity index (χ1n) is 7.04. The highest BCUT2D eigenvalue weighted by atomic mass is 35.5. The summed E-state index contributed by atoms with van der Waals surface area (Å²) in [6, 6.07) is 15.1. The SMILES string of the molecule is CC(NCC(=O)NCc1ccc(Cl)cc1)c1ccc(Cl)cc1. The minimum Gasteiger partial charge on any atom is -0.351 e. The predicted molar refractivity (Wildman–Crippen MR) is 91.2 cm³/mol. The topological polar surface area (TPSA) is 41.1 Å². The first-order valence-corrected chi connectivity index (χ1v) is 7.80. The van der Waals surface area contributed by atoms with E-state index in [0.717, 1.165) is 11.1 Å². The Labute approximate surface area is 140 Å². The fraction of sp³-hybridized carbons (Fsp3) is 0.235. The number of carbonyl (C=O) groups is 1. The molecule has 2 N–H and O–H groups in total. The van der Waals surface area contributed by atoms with Crippen molar-refractivity contribution in [2.45, 2.75) is 19.5 Å². The Balaban J connectivity index is 1.75. The molecule has 2 aromatic carbocycles. The molecule has 2 rings (SSSR count). The van der Waals surface area contributed by atoms with Crippen LogP contribution in [0.3, 0.4) is 0 Å². The number of carbonyl (C=O) groups excluding carboxylic acids is 1. The van der Waals surface area contributed by atoms with Crippen molar-refractivity contribution in [2.75, 3.05) is 6.54 Å². The predicted octanol–water partition coefficient (Wildman–Crippen LogP) is 3.96. The fourth-order valence-corrected chi connectivity index (χ4v) is 2.23. The summed E-state index contributed by atoms with van der Waals surface area (Å²) < 4.78 is 0. The van der Waals surface area contributed by atoms with Crippen molar-refractivity contribution < 1.29 is 4.79 Å². The molecule has 0 spiro atoms. The van der Waals surface area contributed by atoms with Crippen molar-refractivity contribution in [3.05, 3.63) is 69.7 Å². The van der Waals surface area contributed by atoms with Gasteiger partial charge in [0.05, 0.1) is 6.54 Å². The van der Waals surface area contributed by atoms with Crippen LogP contribution in [-0.2, 0) is 11.3 Å². The van der Waals surface area contributed by atoms with Crippen LogP contribution in [0.2, 0.25) is 10.0 Å². The van der Waals surface area contributed by atoms with E-state index < -0.39 is 0 Å². The molecule has 5 heteroatoms. The molecule has 0 aliphatic carbocycles. The minimum absolute atomic E-state index is 0.0456. The molecule has 0 radical (unpaired) electrons. The number of halogens is 2. The molecule has 0 heterocycles. The molecule has 1 amide bonds. The van der Waals surface area contributed by atoms with Crippen LogP contribution in [-0.4, -0.2) is 12.5 Å². The molecule has 0 aliphatic heterocycles. The molecule has 1 unspecified atom stereocenters. The highest BCUT2D eigenvalue weighted by Crippen LogP contribution is 2.15. The summed E-state index contributed by atoms with van der Waals surface area (Å²) in [5.74, 6) is -0.0456. The molecule has 1 atom stereocenters. The highest BCUT2D eigenvalue weighted by Gasteiger charge is 2.07. The van der Waals surface area contributed by atoms with Crippen molar-refractivity contribution in [2.24, 2.45) is 0 Å². The third-order valence-corrected chi connectivity index (χ3v) is 3.85. The first-order chi connectivity index (χ1) is 10.5. The Morgan fingerprint density at radius 2 is 1.55 bits per heavy atom. The molecule has 22 heavy (non-hydrogen) atoms. The summed E-state index contributed by atoms with van der Waals surface area (Å²) >= 11 is 11.7. The molecule has 0 aliphatic rings. The van der Waals surface area contributed by atoms with Gasteiger partial charge in [-0.3, -0.25) is 4.79 Å². The zero-order valence-electron chi connectivity index (χ0n) is 12.3. The zero-order chi connectivity index (χ0) is 15.9. The second-order valence-electron chi connectivity index (χ2n) is 5.06. The maximum absolute atomic E-state index is 11.9. The molecule has 2 aromatic rings. The summed E-state index contributed by atoms with van der Waals surface area (Å²) in [6.45, 7) is 2.76. The van der Waals surface area contributed by atoms with Crippen LogP contribution in [0.25, 0.3) is 0 Å². The van der Waals surface area contributed by atoms with Crippen LogP contribution < -0.4 is 10.6 Å². The number of hydrogen-bond acceptors (Lipinski definition) is 2. The van der Waals surface area contributed by atoms with Crippen molar-refractivity contribution in [3.63, 3.8) is 0 Å². The lowest BCUT2D eigenvalue weighted by Crippen LogP contribution is -2.34. The van der Waals surface area contributed by atoms with Gasteiger partial charge in [0.2, 0.25) is 5.91 Å². The summed E-state index contributed by atoms with van der Waals surface area (Å²) in [5.41, 5.74) is 2.11. The molecular weight excluding hydrogens is 319 g/mol. The Morgan fingerprint density at radius 1 is 1.00 bits per heavy atom. The van der Waals surface area contributed by atoms with Crippen molar-refractivity contribution in [3.8, 4) is 0 Å². The summed E-state index contributed by atoms with van der Waals surface area (Å²) in [6.07, 6.45) is 0. The number of nitrogens with one attached hydrogen (secondary N) is 2. The lowest BCUT2D eigenvalue weighted by Gasteiger charge is -2.14. The van der Waals surface area contributed by atoms with Crippen LogP contribution in [0.15, 0.2) is 48.5 Å². The Kier molecular flexibility index (Phi) is 6.25. The van der Waals surface area contributed by atoms with Crippen LogP contribution in [0.1, 0.15) is 24.1 Å². The molecule has 0 fully saturated rings. The van der Waals surface area contributed by atoms with Gasteiger partial charge >= 0.3 is 0 Å². The van der Waals surface area contributed by atoms with Gasteiger partial charge in [-0.2, -0.15) is 0 Å². The van der Waals surface area contributed by atoms with E-state index in [1.54, 1.807) is 0 Å². The normalized spacial score (nSPS) is 12.0. The third kappa shape index (κ3) is 5.34. The zero-order valence-corrected chi connectivity index (χ0v) is 13.8. The summed E-state index contributed by atoms with van der Waals surface area (Å²) in [5, 5.41) is 7.45. The number of hydrogen-bond donors (Lipinski definition) is 2. The fourth-order valence-electron chi connectivity index (χ4n) is 1.98. The molecule has 116 valence electrons. The van der Waals surface area contributed by atoms with Gasteiger partial charge in [0, 0.05) is 22.6 Å². The monoisotopic (exact) mass is 336 g/mol. The second-order valence-corrected chi connectivity index (χ2v) is 5.93. The highest BCUT2D eigenvalue weighted by molar-refractivity contribution is 6.30. The van der Waals surface area contributed by atoms with Gasteiger partial charge in [-0.25, -0.2) is 0 Å². The summed E-state index contributed by atoms with van der Waals surface area (Å²) in [7, 11) is 0. The van der Waals surface area contributed by atoms with Crippen LogP contribution >= 0.6 is 23.2 Å². The maximum atomic E-state index is 11.9. The lowest BCUT2D eigenvalue weighted by atomic mass is 10.1. The maximum Gasteiger partial charge on any atom is 0.234 e. The van der Waals surface area contributed by atoms with Gasteiger partial charge in [-0.15, -0.1) is 0 Å². The average Bonchev–Trinajstić information content (AvgIpc) is 2.52. The van der Waals surface area contributed by atoms with E-state index in [0.29, 0.717) is 16.6 Å². The lowest BCUT2D eigenvalue weighted by molar-refractivity contribution is -0.120. The van der Waals surface area contributed by atoms with E-state index in [4.69, 9.17) is 23.2 Å². The van der Waals surface area contributed by atoms with Gasteiger partial charge < -0.3 is 10.6 Å². The van der Waals surface area contributed by atoms with E-state index in [1.165, 1.54) is 0 Å². The molecule has 3 nitrogen and oxygen atoms in total. The number of rotatable bonds is 6. The van der Waals surface area contributed by atoms with Gasteiger partial charge in [-0.1, -0.05) is 47.5 Å². The molecular formula is C17H18Cl2N2O. The van der Waals surface area contributed by atoms with Crippen molar-refractivity contribution in [1.29, 1.82) is 0 Å². The van der Waals surface area contributed by atoms with E-state index in [-0.39, 0.29) is 18.5 Å². The minimum atomic E-state index is -0.0456. The molecule has 0 bridgehead atoms. The Morgan fingerprint density at radius 3 is 2.14 bits per heavy atom. The van der Waals surface area contributed by atoms with E-state index in [2.05, 4.69) is 10.6 Å². The largest absolute Gasteiger partial charge is 0.351 e. The standard InChI is InChI=1S/C17H18Cl2N2O/c1-12(14-4-8-16(19)9-5-14)20-11-17(22)21-10-13-2-6-15(18)7-3-13/h2-9,12,20H,10-11H2,1H3,(H,21,22). The van der Waals surface area contributed by atoms with E-state index in [9.17, 15) is 4.79 Å². The second kappa shape index (κ2) is 8.18. The van der Waals surface area contributed by atoms with Gasteiger partial charge in [-0.05, 0) is 42.3 Å². The van der Waals surface area contributed by atoms with Gasteiger partial charge in [0.15, 0.2) is 0 Å². The summed E-state index contributed by atoms with van der Waals surface area (Å²) in [4.78, 5) is 11.9. The average molecular weight is 337 g/mol. The molecule has 0 aromatic heterocycles. The third-order valence-electron chi connectivity index (χ3n) is 3.34. The Bertz CT molecular complexity index is 612. The van der Waals surface area contributed by atoms with Crippen molar-refractivity contribution >= 4 is 29.1 Å².